The maximum Gasteiger partial charge on any atom is 0.327 e. The summed E-state index contributed by atoms with van der Waals surface area (Å²) < 4.78 is 34.7. The molecule has 1 saturated heterocycles. The lowest BCUT2D eigenvalue weighted by Gasteiger charge is -2.31. The summed E-state index contributed by atoms with van der Waals surface area (Å²) in [6.45, 7) is 5.25. The predicted molar refractivity (Wildman–Crippen MR) is 114 cm³/mol. The van der Waals surface area contributed by atoms with Crippen molar-refractivity contribution in [1.82, 2.24) is 18.8 Å². The number of nitrogens with one attached hydrogen (secondary N) is 1. The molecule has 1 fully saturated rings. The molecule has 160 valence electrons. The minimum atomic E-state index is -3.54. The molecule has 0 unspecified atom stereocenters. The Kier molecular flexibility index (Phi) is 5.66. The Balaban J connectivity index is 1.42. The number of aromatic nitrogens is 3. The average Bonchev–Trinajstić information content (AvgIpc) is 3.04. The van der Waals surface area contributed by atoms with Crippen LogP contribution in [-0.4, -0.2) is 46.5 Å². The number of nitrogens with zero attached hydrogens (tertiary/aromatic N) is 3. The highest BCUT2D eigenvalue weighted by atomic mass is 32.2. The molecule has 4 rings (SSSR count). The highest BCUT2D eigenvalue weighted by Gasteiger charge is 2.30. The fraction of sp³-hybridized carbons (Fsp3) is 0.429. The predicted octanol–water partition coefficient (Wildman–Crippen LogP) is 2.61. The van der Waals surface area contributed by atoms with Gasteiger partial charge in [0.15, 0.2) is 5.65 Å². The molecule has 0 aliphatic carbocycles. The number of H-pyrrole nitrogens is 1. The first kappa shape index (κ1) is 20.6. The summed E-state index contributed by atoms with van der Waals surface area (Å²) >= 11 is 0. The standard InChI is InChI=1S/C21H26N4O4S/c1-15(2)29-17-5-7-18(8-6-17)30(27,28)24-12-9-16(10-13-24)14-25-20-19(23-21(25)26)4-3-11-22-20/h3-8,11,15-16H,9-10,12-14H2,1-2H3,(H,23,26). The zero-order valence-electron chi connectivity index (χ0n) is 17.1. The molecule has 30 heavy (non-hydrogen) atoms. The lowest BCUT2D eigenvalue weighted by Crippen LogP contribution is -2.39. The molecule has 1 aliphatic heterocycles. The van der Waals surface area contributed by atoms with Gasteiger partial charge in [0.1, 0.15) is 5.75 Å². The smallest absolute Gasteiger partial charge is 0.327 e. The minimum Gasteiger partial charge on any atom is -0.491 e. The molecule has 3 heterocycles. The van der Waals surface area contributed by atoms with Gasteiger partial charge in [-0.15, -0.1) is 0 Å². The van der Waals surface area contributed by atoms with E-state index < -0.39 is 10.0 Å². The topological polar surface area (TPSA) is 97.3 Å². The molecular formula is C21H26N4O4S. The third-order valence-electron chi connectivity index (χ3n) is 5.38. The molecule has 1 aromatic carbocycles. The second-order valence-corrected chi connectivity index (χ2v) is 9.84. The van der Waals surface area contributed by atoms with Crippen molar-refractivity contribution in [2.24, 2.45) is 5.92 Å². The first-order valence-corrected chi connectivity index (χ1v) is 11.6. The number of fused-ring (bicyclic) bond motifs is 1. The molecule has 0 atom stereocenters. The second kappa shape index (κ2) is 8.23. The van der Waals surface area contributed by atoms with Crippen LogP contribution in [0.4, 0.5) is 0 Å². The van der Waals surface area contributed by atoms with Gasteiger partial charge in [-0.2, -0.15) is 4.31 Å². The molecule has 1 aliphatic rings. The van der Waals surface area contributed by atoms with Crippen LogP contribution < -0.4 is 10.4 Å². The Morgan fingerprint density at radius 3 is 2.53 bits per heavy atom. The Morgan fingerprint density at radius 2 is 1.87 bits per heavy atom. The van der Waals surface area contributed by atoms with E-state index in [2.05, 4.69) is 9.97 Å². The summed E-state index contributed by atoms with van der Waals surface area (Å²) in [6.07, 6.45) is 3.09. The molecule has 2 aromatic heterocycles. The van der Waals surface area contributed by atoms with Gasteiger partial charge in [-0.3, -0.25) is 4.57 Å². The third kappa shape index (κ3) is 4.13. The Bertz CT molecular complexity index is 1170. The maximum atomic E-state index is 13.0. The van der Waals surface area contributed by atoms with Gasteiger partial charge in [0.05, 0.1) is 16.5 Å². The number of piperidine rings is 1. The monoisotopic (exact) mass is 430 g/mol. The Labute approximate surface area is 175 Å². The van der Waals surface area contributed by atoms with E-state index in [-0.39, 0.29) is 22.6 Å². The van der Waals surface area contributed by atoms with Gasteiger partial charge in [0.25, 0.3) is 0 Å². The van der Waals surface area contributed by atoms with Crippen molar-refractivity contribution in [1.29, 1.82) is 0 Å². The molecule has 0 bridgehead atoms. The van der Waals surface area contributed by atoms with E-state index in [9.17, 15) is 13.2 Å². The lowest BCUT2D eigenvalue weighted by atomic mass is 9.98. The molecule has 1 N–H and O–H groups in total. The van der Waals surface area contributed by atoms with Gasteiger partial charge in [-0.25, -0.2) is 18.2 Å². The lowest BCUT2D eigenvalue weighted by molar-refractivity contribution is 0.242. The van der Waals surface area contributed by atoms with Crippen LogP contribution in [-0.2, 0) is 16.6 Å². The van der Waals surface area contributed by atoms with Crippen LogP contribution in [0.3, 0.4) is 0 Å². The van der Waals surface area contributed by atoms with Crippen molar-refractivity contribution in [2.75, 3.05) is 13.1 Å². The van der Waals surface area contributed by atoms with Crippen molar-refractivity contribution in [2.45, 2.75) is 44.2 Å². The van der Waals surface area contributed by atoms with Crippen LogP contribution in [0.15, 0.2) is 52.3 Å². The molecule has 0 amide bonds. The molecule has 3 aromatic rings. The number of pyridine rings is 1. The minimum absolute atomic E-state index is 0.0336. The zero-order chi connectivity index (χ0) is 21.3. The second-order valence-electron chi connectivity index (χ2n) is 7.90. The van der Waals surface area contributed by atoms with Crippen LogP contribution in [0.2, 0.25) is 0 Å². The SMILES string of the molecule is CC(C)Oc1ccc(S(=O)(=O)N2CCC(Cn3c(=O)[nH]c4cccnc43)CC2)cc1. The van der Waals surface area contributed by atoms with Crippen LogP contribution >= 0.6 is 0 Å². The first-order chi connectivity index (χ1) is 14.3. The number of benzene rings is 1. The quantitative estimate of drug-likeness (QED) is 0.648. The fourth-order valence-electron chi connectivity index (χ4n) is 3.86. The summed E-state index contributed by atoms with van der Waals surface area (Å²) in [5, 5.41) is 0. The summed E-state index contributed by atoms with van der Waals surface area (Å²) in [4.78, 5) is 19.7. The highest BCUT2D eigenvalue weighted by Crippen LogP contribution is 2.26. The van der Waals surface area contributed by atoms with Gasteiger partial charge in [-0.05, 0) is 69.0 Å². The Morgan fingerprint density at radius 1 is 1.17 bits per heavy atom. The van der Waals surface area contributed by atoms with Crippen LogP contribution in [0.5, 0.6) is 5.75 Å². The maximum absolute atomic E-state index is 13.0. The van der Waals surface area contributed by atoms with E-state index in [1.807, 2.05) is 19.9 Å². The number of aromatic amines is 1. The van der Waals surface area contributed by atoms with Gasteiger partial charge in [0, 0.05) is 25.8 Å². The van der Waals surface area contributed by atoms with Gasteiger partial charge >= 0.3 is 5.69 Å². The first-order valence-electron chi connectivity index (χ1n) is 10.1. The average molecular weight is 431 g/mol. The van der Waals surface area contributed by atoms with E-state index >= 15 is 0 Å². The molecule has 9 heteroatoms. The van der Waals surface area contributed by atoms with E-state index in [4.69, 9.17) is 4.74 Å². The molecule has 8 nitrogen and oxygen atoms in total. The summed E-state index contributed by atoms with van der Waals surface area (Å²) in [7, 11) is -3.54. The van der Waals surface area contributed by atoms with E-state index in [0.717, 1.165) is 0 Å². The van der Waals surface area contributed by atoms with Crippen molar-refractivity contribution in [3.63, 3.8) is 0 Å². The molecule has 0 radical (unpaired) electrons. The number of imidazole rings is 1. The van der Waals surface area contributed by atoms with E-state index in [1.165, 1.54) is 4.31 Å². The van der Waals surface area contributed by atoms with Crippen LogP contribution in [0.1, 0.15) is 26.7 Å². The largest absolute Gasteiger partial charge is 0.491 e. The number of rotatable bonds is 6. The van der Waals surface area contributed by atoms with Crippen LogP contribution in [0, 0.1) is 5.92 Å². The van der Waals surface area contributed by atoms with Crippen molar-refractivity contribution < 1.29 is 13.2 Å². The fourth-order valence-corrected chi connectivity index (χ4v) is 5.33. The number of ether oxygens (including phenoxy) is 1. The number of sulfonamides is 1. The van der Waals surface area contributed by atoms with Gasteiger partial charge in [0.2, 0.25) is 10.0 Å². The Hall–Kier alpha value is -2.65. The third-order valence-corrected chi connectivity index (χ3v) is 7.29. The number of hydrogen-bond acceptors (Lipinski definition) is 5. The summed E-state index contributed by atoms with van der Waals surface area (Å²) in [6, 6.07) is 10.2. The van der Waals surface area contributed by atoms with Gasteiger partial charge in [-0.1, -0.05) is 0 Å². The zero-order valence-corrected chi connectivity index (χ0v) is 17.9. The van der Waals surface area contributed by atoms with Crippen molar-refractivity contribution in [3.8, 4) is 5.75 Å². The molecule has 0 spiro atoms. The van der Waals surface area contributed by atoms with Gasteiger partial charge < -0.3 is 9.72 Å². The summed E-state index contributed by atoms with van der Waals surface area (Å²) in [5.41, 5.74) is 1.18. The molecule has 0 saturated carbocycles. The van der Waals surface area contributed by atoms with Crippen molar-refractivity contribution in [3.05, 3.63) is 53.1 Å². The van der Waals surface area contributed by atoms with E-state index in [0.29, 0.717) is 49.4 Å². The number of hydrogen-bond donors (Lipinski definition) is 1. The normalized spacial score (nSPS) is 16.4. The van der Waals surface area contributed by atoms with Crippen molar-refractivity contribution >= 4 is 21.2 Å². The highest BCUT2D eigenvalue weighted by molar-refractivity contribution is 7.89. The summed E-state index contributed by atoms with van der Waals surface area (Å²) in [5.74, 6) is 0.873. The van der Waals surface area contributed by atoms with E-state index in [1.54, 1.807) is 41.1 Å². The van der Waals surface area contributed by atoms with Crippen LogP contribution in [0.25, 0.3) is 11.2 Å². The molecular weight excluding hydrogens is 404 g/mol.